The standard InChI is InChI=1S/C27H30FN5O3S2/c1-17-9-25-20(13-29-33(25)22-5-3-21(28)4-6-22)12-24(17)26-15-32(38(35,36)27-16-37-18(2)30-27)8-7-31(26)14-19-10-23(34)11-19/h3-6,9,12-13,16,19,23,26,34H,7-8,10-11,14-15H2,1-2H3/t19-,23+,26-/m1/s1. The number of hydrogen-bond acceptors (Lipinski definition) is 7. The molecule has 2 aromatic carbocycles. The van der Waals surface area contributed by atoms with E-state index in [4.69, 9.17) is 0 Å². The zero-order valence-corrected chi connectivity index (χ0v) is 22.9. The first-order valence-electron chi connectivity index (χ1n) is 12.8. The number of hydrogen-bond donors (Lipinski definition) is 1. The minimum absolute atomic E-state index is 0.113. The lowest BCUT2D eigenvalue weighted by Gasteiger charge is -2.44. The van der Waals surface area contributed by atoms with Crippen LogP contribution in [0.4, 0.5) is 4.39 Å². The van der Waals surface area contributed by atoms with Gasteiger partial charge in [0.25, 0.3) is 10.0 Å². The fourth-order valence-corrected chi connectivity index (χ4v) is 7.99. The molecule has 6 rings (SSSR count). The van der Waals surface area contributed by atoms with Crippen molar-refractivity contribution >= 4 is 32.3 Å². The number of sulfonamides is 1. The number of fused-ring (bicyclic) bond motifs is 1. The number of nitrogens with zero attached hydrogens (tertiary/aromatic N) is 5. The van der Waals surface area contributed by atoms with Crippen molar-refractivity contribution in [1.29, 1.82) is 0 Å². The highest BCUT2D eigenvalue weighted by Gasteiger charge is 2.39. The Labute approximate surface area is 225 Å². The van der Waals surface area contributed by atoms with Crippen LogP contribution in [0, 0.1) is 25.6 Å². The molecule has 0 bridgehead atoms. The molecule has 2 aromatic heterocycles. The lowest BCUT2D eigenvalue weighted by atomic mass is 9.81. The summed E-state index contributed by atoms with van der Waals surface area (Å²) < 4.78 is 43.8. The van der Waals surface area contributed by atoms with Gasteiger partial charge in [-0.15, -0.1) is 11.3 Å². The molecule has 200 valence electrons. The molecular formula is C27H30FN5O3S2. The summed E-state index contributed by atoms with van der Waals surface area (Å²) in [7, 11) is -3.71. The van der Waals surface area contributed by atoms with Crippen molar-refractivity contribution in [3.8, 4) is 5.69 Å². The number of piperazine rings is 1. The molecule has 1 atom stereocenters. The number of rotatable bonds is 6. The molecular weight excluding hydrogens is 525 g/mol. The lowest BCUT2D eigenvalue weighted by Crippen LogP contribution is -2.52. The predicted octanol–water partition coefficient (Wildman–Crippen LogP) is 4.06. The summed E-state index contributed by atoms with van der Waals surface area (Å²) >= 11 is 1.34. The quantitative estimate of drug-likeness (QED) is 0.386. The zero-order valence-electron chi connectivity index (χ0n) is 21.3. The molecule has 11 heteroatoms. The monoisotopic (exact) mass is 555 g/mol. The lowest BCUT2D eigenvalue weighted by molar-refractivity contribution is 0.00593. The maximum absolute atomic E-state index is 13.5. The predicted molar refractivity (Wildman–Crippen MR) is 144 cm³/mol. The molecule has 2 aliphatic rings. The summed E-state index contributed by atoms with van der Waals surface area (Å²) in [6, 6.07) is 10.3. The zero-order chi connectivity index (χ0) is 26.6. The fraction of sp³-hybridized carbons (Fsp3) is 0.407. The molecule has 0 unspecified atom stereocenters. The van der Waals surface area contributed by atoms with E-state index in [1.54, 1.807) is 32.7 Å². The van der Waals surface area contributed by atoms with Crippen molar-refractivity contribution in [1.82, 2.24) is 24.0 Å². The van der Waals surface area contributed by atoms with Crippen LogP contribution in [-0.2, 0) is 10.0 Å². The highest BCUT2D eigenvalue weighted by Crippen LogP contribution is 2.36. The summed E-state index contributed by atoms with van der Waals surface area (Å²) in [4.78, 5) is 6.63. The second-order valence-corrected chi connectivity index (χ2v) is 13.3. The largest absolute Gasteiger partial charge is 0.393 e. The Morgan fingerprint density at radius 2 is 1.89 bits per heavy atom. The smallest absolute Gasteiger partial charge is 0.261 e. The average Bonchev–Trinajstić information content (AvgIpc) is 3.50. The van der Waals surface area contributed by atoms with Gasteiger partial charge in [-0.3, -0.25) is 4.90 Å². The number of halogens is 1. The van der Waals surface area contributed by atoms with E-state index in [-0.39, 0.29) is 23.0 Å². The number of aromatic nitrogens is 3. The van der Waals surface area contributed by atoms with E-state index in [2.05, 4.69) is 27.1 Å². The second kappa shape index (κ2) is 9.80. The summed E-state index contributed by atoms with van der Waals surface area (Å²) in [5, 5.41) is 17.8. The van der Waals surface area contributed by atoms with Gasteiger partial charge in [0.1, 0.15) is 5.82 Å². The number of benzene rings is 2. The molecule has 2 fully saturated rings. The minimum atomic E-state index is -3.71. The van der Waals surface area contributed by atoms with Crippen LogP contribution in [0.2, 0.25) is 0 Å². The van der Waals surface area contributed by atoms with E-state index in [1.165, 1.54) is 23.5 Å². The summed E-state index contributed by atoms with van der Waals surface area (Å²) in [5.74, 6) is 0.106. The number of aryl methyl sites for hydroxylation is 2. The Morgan fingerprint density at radius 1 is 1.13 bits per heavy atom. The van der Waals surface area contributed by atoms with E-state index < -0.39 is 10.0 Å². The third kappa shape index (κ3) is 4.66. The third-order valence-corrected chi connectivity index (χ3v) is 10.4. The Balaban J connectivity index is 1.36. The average molecular weight is 556 g/mol. The van der Waals surface area contributed by atoms with E-state index in [1.807, 2.05) is 13.8 Å². The molecule has 0 spiro atoms. The Bertz CT molecular complexity index is 1580. The molecule has 4 aromatic rings. The van der Waals surface area contributed by atoms with Gasteiger partial charge in [0, 0.05) is 43.0 Å². The van der Waals surface area contributed by atoms with Gasteiger partial charge in [-0.1, -0.05) is 0 Å². The van der Waals surface area contributed by atoms with Gasteiger partial charge in [-0.25, -0.2) is 22.5 Å². The number of aliphatic hydroxyl groups excluding tert-OH is 1. The minimum Gasteiger partial charge on any atom is -0.393 e. The van der Waals surface area contributed by atoms with Crippen LogP contribution in [0.1, 0.15) is 35.0 Å². The summed E-state index contributed by atoms with van der Waals surface area (Å²) in [6.45, 7) is 5.99. The van der Waals surface area contributed by atoms with Crippen LogP contribution >= 0.6 is 11.3 Å². The molecule has 1 saturated heterocycles. The van der Waals surface area contributed by atoms with Gasteiger partial charge in [0.05, 0.1) is 28.5 Å². The number of aliphatic hydroxyl groups is 1. The fourth-order valence-electron chi connectivity index (χ4n) is 5.65. The Morgan fingerprint density at radius 3 is 2.58 bits per heavy atom. The van der Waals surface area contributed by atoms with Gasteiger partial charge in [0.2, 0.25) is 0 Å². The van der Waals surface area contributed by atoms with Gasteiger partial charge >= 0.3 is 0 Å². The van der Waals surface area contributed by atoms with Crippen molar-refractivity contribution in [3.63, 3.8) is 0 Å². The highest BCUT2D eigenvalue weighted by molar-refractivity contribution is 7.89. The summed E-state index contributed by atoms with van der Waals surface area (Å²) in [6.07, 6.45) is 3.13. The maximum atomic E-state index is 13.5. The molecule has 8 nitrogen and oxygen atoms in total. The first-order valence-corrected chi connectivity index (χ1v) is 15.1. The molecule has 1 N–H and O–H groups in total. The van der Waals surface area contributed by atoms with Crippen molar-refractivity contribution in [2.45, 2.75) is 43.9 Å². The van der Waals surface area contributed by atoms with Gasteiger partial charge < -0.3 is 5.11 Å². The van der Waals surface area contributed by atoms with E-state index in [0.29, 0.717) is 25.6 Å². The van der Waals surface area contributed by atoms with E-state index in [9.17, 15) is 17.9 Å². The van der Waals surface area contributed by atoms with Crippen LogP contribution in [0.15, 0.2) is 53.0 Å². The maximum Gasteiger partial charge on any atom is 0.261 e. The first kappa shape index (κ1) is 25.6. The number of thiazole rings is 1. The molecule has 0 amide bonds. The topological polar surface area (TPSA) is 91.6 Å². The van der Waals surface area contributed by atoms with Gasteiger partial charge in [0.15, 0.2) is 5.03 Å². The Kier molecular flexibility index (Phi) is 6.59. The molecule has 1 aliphatic heterocycles. The van der Waals surface area contributed by atoms with E-state index >= 15 is 0 Å². The molecule has 0 radical (unpaired) electrons. The van der Waals surface area contributed by atoms with Gasteiger partial charge in [-0.05, 0) is 80.1 Å². The second-order valence-electron chi connectivity index (χ2n) is 10.4. The van der Waals surface area contributed by atoms with Crippen LogP contribution in [0.5, 0.6) is 0 Å². The Hall–Kier alpha value is -2.70. The highest BCUT2D eigenvalue weighted by atomic mass is 32.2. The van der Waals surface area contributed by atoms with Crippen molar-refractivity contribution < 1.29 is 17.9 Å². The van der Waals surface area contributed by atoms with Crippen LogP contribution in [0.3, 0.4) is 0 Å². The van der Waals surface area contributed by atoms with Crippen molar-refractivity contribution in [2.24, 2.45) is 5.92 Å². The van der Waals surface area contributed by atoms with Crippen LogP contribution in [0.25, 0.3) is 16.6 Å². The molecule has 3 heterocycles. The molecule has 1 saturated carbocycles. The SMILES string of the molecule is Cc1nc(S(=O)(=O)N2CCN(C[C@H]3C[C@@H](O)C3)[C@@H](c3cc4cnn(-c5ccc(F)cc5)c4cc3C)C2)cs1. The normalized spacial score (nSPS) is 23.1. The first-order chi connectivity index (χ1) is 18.2. The molecule has 1 aliphatic carbocycles. The van der Waals surface area contributed by atoms with Crippen LogP contribution in [-0.4, -0.2) is 69.8 Å². The van der Waals surface area contributed by atoms with Crippen molar-refractivity contribution in [3.05, 3.63) is 69.9 Å². The van der Waals surface area contributed by atoms with Crippen LogP contribution < -0.4 is 0 Å². The third-order valence-electron chi connectivity index (χ3n) is 7.75. The molecule has 38 heavy (non-hydrogen) atoms. The summed E-state index contributed by atoms with van der Waals surface area (Å²) in [5.41, 5.74) is 3.77. The van der Waals surface area contributed by atoms with E-state index in [0.717, 1.165) is 52.1 Å². The van der Waals surface area contributed by atoms with Crippen molar-refractivity contribution in [2.75, 3.05) is 26.2 Å². The van der Waals surface area contributed by atoms with Gasteiger partial charge in [-0.2, -0.15) is 9.40 Å².